The number of nitrogens with zero attached hydrogens (tertiary/aromatic N) is 1. The molecule has 2 aliphatic rings. The van der Waals surface area contributed by atoms with E-state index in [4.69, 9.17) is 4.98 Å². The molecular weight excluding hydrogens is 208 g/mol. The van der Waals surface area contributed by atoms with Crippen LogP contribution in [-0.4, -0.2) is 11.5 Å². The van der Waals surface area contributed by atoms with E-state index in [2.05, 4.69) is 39.1 Å². The molecule has 1 spiro atoms. The molecule has 1 aliphatic heterocycles. The molecule has 0 amide bonds. The molecule has 0 atom stereocenters. The Labute approximate surface area is 104 Å². The van der Waals surface area contributed by atoms with Gasteiger partial charge in [0, 0.05) is 17.7 Å². The number of nitrogens with one attached hydrogen (secondary N) is 1. The molecule has 1 N–H and O–H groups in total. The van der Waals surface area contributed by atoms with Crippen molar-refractivity contribution in [3.63, 3.8) is 0 Å². The molecule has 0 aromatic carbocycles. The highest BCUT2D eigenvalue weighted by molar-refractivity contribution is 5.65. The molecular formula is C15H22N2. The Balaban J connectivity index is 2.17. The summed E-state index contributed by atoms with van der Waals surface area (Å²) in [7, 11) is 0. The third-order valence-corrected chi connectivity index (χ3v) is 4.24. The van der Waals surface area contributed by atoms with Crippen LogP contribution in [0.3, 0.4) is 0 Å². The number of rotatable bonds is 2. The second kappa shape index (κ2) is 3.47. The Morgan fingerprint density at radius 2 is 1.88 bits per heavy atom. The Hall–Kier alpha value is -1.05. The van der Waals surface area contributed by atoms with Crippen molar-refractivity contribution in [1.82, 2.24) is 4.98 Å². The first kappa shape index (κ1) is 11.1. The molecule has 3 rings (SSSR count). The van der Waals surface area contributed by atoms with E-state index in [1.165, 1.54) is 35.5 Å². The van der Waals surface area contributed by atoms with Crippen molar-refractivity contribution in [2.45, 2.75) is 57.8 Å². The lowest BCUT2D eigenvalue weighted by atomic mass is 9.94. The summed E-state index contributed by atoms with van der Waals surface area (Å²) in [4.78, 5) is 4.95. The molecule has 17 heavy (non-hydrogen) atoms. The van der Waals surface area contributed by atoms with E-state index in [0.29, 0.717) is 17.3 Å². The Morgan fingerprint density at radius 1 is 1.18 bits per heavy atom. The van der Waals surface area contributed by atoms with Crippen molar-refractivity contribution >= 4 is 5.69 Å². The van der Waals surface area contributed by atoms with E-state index in [0.717, 1.165) is 6.54 Å². The fraction of sp³-hybridized carbons (Fsp3) is 0.667. The number of anilines is 1. The van der Waals surface area contributed by atoms with E-state index < -0.39 is 0 Å². The van der Waals surface area contributed by atoms with Gasteiger partial charge in [-0.2, -0.15) is 0 Å². The highest BCUT2D eigenvalue weighted by Crippen LogP contribution is 2.55. The average molecular weight is 230 g/mol. The zero-order valence-electron chi connectivity index (χ0n) is 11.3. The smallest absolute Gasteiger partial charge is 0.0720 e. The Morgan fingerprint density at radius 3 is 2.41 bits per heavy atom. The van der Waals surface area contributed by atoms with Gasteiger partial charge in [-0.15, -0.1) is 0 Å². The maximum Gasteiger partial charge on any atom is 0.0720 e. The minimum Gasteiger partial charge on any atom is -0.382 e. The quantitative estimate of drug-likeness (QED) is 0.836. The maximum atomic E-state index is 4.95. The van der Waals surface area contributed by atoms with E-state index in [9.17, 15) is 0 Å². The summed E-state index contributed by atoms with van der Waals surface area (Å²) in [5.74, 6) is 1.10. The van der Waals surface area contributed by atoms with Gasteiger partial charge in [-0.1, -0.05) is 27.7 Å². The van der Waals surface area contributed by atoms with Gasteiger partial charge in [0.05, 0.1) is 11.4 Å². The molecule has 1 aromatic rings. The lowest BCUT2D eigenvalue weighted by Crippen LogP contribution is -2.10. The van der Waals surface area contributed by atoms with E-state index in [-0.39, 0.29) is 0 Å². The third kappa shape index (κ3) is 1.57. The Kier molecular flexibility index (Phi) is 2.26. The molecule has 2 heteroatoms. The summed E-state index contributed by atoms with van der Waals surface area (Å²) >= 11 is 0. The molecule has 2 nitrogen and oxygen atoms in total. The van der Waals surface area contributed by atoms with Crippen LogP contribution in [0.15, 0.2) is 6.07 Å². The van der Waals surface area contributed by atoms with Gasteiger partial charge in [0.25, 0.3) is 0 Å². The first-order valence-electron chi connectivity index (χ1n) is 6.83. The molecule has 92 valence electrons. The van der Waals surface area contributed by atoms with Crippen molar-refractivity contribution in [3.8, 4) is 0 Å². The minimum atomic E-state index is 0.407. The molecule has 1 fully saturated rings. The average Bonchev–Trinajstić information content (AvgIpc) is 2.96. The van der Waals surface area contributed by atoms with E-state index in [1.54, 1.807) is 0 Å². The normalized spacial score (nSPS) is 19.9. The van der Waals surface area contributed by atoms with Gasteiger partial charge in [-0.05, 0) is 36.3 Å². The van der Waals surface area contributed by atoms with Crippen molar-refractivity contribution in [2.24, 2.45) is 0 Å². The monoisotopic (exact) mass is 230 g/mol. The molecule has 1 aliphatic carbocycles. The second-order valence-corrected chi connectivity index (χ2v) is 6.30. The topological polar surface area (TPSA) is 24.9 Å². The van der Waals surface area contributed by atoms with Crippen molar-refractivity contribution in [2.75, 3.05) is 11.9 Å². The predicted molar refractivity (Wildman–Crippen MR) is 71.8 cm³/mol. The van der Waals surface area contributed by atoms with Crippen LogP contribution in [0.4, 0.5) is 5.69 Å². The van der Waals surface area contributed by atoms with Crippen molar-refractivity contribution in [1.29, 1.82) is 0 Å². The summed E-state index contributed by atoms with van der Waals surface area (Å²) in [6, 6.07) is 2.31. The molecule has 0 saturated heterocycles. The lowest BCUT2D eigenvalue weighted by Gasteiger charge is -2.16. The van der Waals surface area contributed by atoms with Gasteiger partial charge in [-0.25, -0.2) is 0 Å². The van der Waals surface area contributed by atoms with Crippen LogP contribution in [-0.2, 0) is 5.41 Å². The fourth-order valence-electron chi connectivity index (χ4n) is 2.81. The van der Waals surface area contributed by atoms with E-state index in [1.807, 2.05) is 0 Å². The first-order chi connectivity index (χ1) is 8.03. The van der Waals surface area contributed by atoms with Crippen LogP contribution in [0, 0.1) is 0 Å². The summed E-state index contributed by atoms with van der Waals surface area (Å²) in [5, 5.41) is 3.61. The third-order valence-electron chi connectivity index (χ3n) is 4.24. The van der Waals surface area contributed by atoms with Gasteiger partial charge in [-0.3, -0.25) is 4.98 Å². The zero-order chi connectivity index (χ0) is 12.2. The van der Waals surface area contributed by atoms with E-state index >= 15 is 0 Å². The molecule has 2 heterocycles. The van der Waals surface area contributed by atoms with Crippen LogP contribution < -0.4 is 5.32 Å². The minimum absolute atomic E-state index is 0.407. The van der Waals surface area contributed by atoms with Crippen molar-refractivity contribution in [3.05, 3.63) is 23.0 Å². The predicted octanol–water partition coefficient (Wildman–Crippen LogP) is 3.79. The number of hydrogen-bond acceptors (Lipinski definition) is 2. The van der Waals surface area contributed by atoms with Crippen molar-refractivity contribution < 1.29 is 0 Å². The number of pyridine rings is 1. The number of aromatic nitrogens is 1. The lowest BCUT2D eigenvalue weighted by molar-refractivity contribution is 0.722. The van der Waals surface area contributed by atoms with Crippen LogP contribution in [0.5, 0.6) is 0 Å². The Bertz CT molecular complexity index is 456. The summed E-state index contributed by atoms with van der Waals surface area (Å²) in [6.07, 6.45) is 2.64. The van der Waals surface area contributed by atoms with Crippen LogP contribution in [0.2, 0.25) is 0 Å². The van der Waals surface area contributed by atoms with Gasteiger partial charge in [0.1, 0.15) is 0 Å². The molecule has 0 unspecified atom stereocenters. The highest BCUT2D eigenvalue weighted by atomic mass is 15.0. The zero-order valence-corrected chi connectivity index (χ0v) is 11.3. The largest absolute Gasteiger partial charge is 0.382 e. The van der Waals surface area contributed by atoms with Gasteiger partial charge >= 0.3 is 0 Å². The number of fused-ring (bicyclic) bond motifs is 2. The fourth-order valence-corrected chi connectivity index (χ4v) is 2.81. The summed E-state index contributed by atoms with van der Waals surface area (Å²) in [5.41, 5.74) is 5.85. The number of hydrogen-bond donors (Lipinski definition) is 1. The van der Waals surface area contributed by atoms with Gasteiger partial charge in [0.2, 0.25) is 0 Å². The maximum absolute atomic E-state index is 4.95. The first-order valence-corrected chi connectivity index (χ1v) is 6.83. The SMILES string of the molecule is CC(C)c1cc(C(C)C)c2c(n1)C1(CC1)CN2. The highest BCUT2D eigenvalue weighted by Gasteiger charge is 2.51. The molecule has 1 saturated carbocycles. The standard InChI is InChI=1S/C15H22N2/c1-9(2)11-7-12(10(3)4)17-14-13(11)16-8-15(14)5-6-15/h7,9-10,16H,5-6,8H2,1-4H3. The second-order valence-electron chi connectivity index (χ2n) is 6.30. The molecule has 1 aromatic heterocycles. The summed E-state index contributed by atoms with van der Waals surface area (Å²) in [6.45, 7) is 10.1. The summed E-state index contributed by atoms with van der Waals surface area (Å²) < 4.78 is 0. The van der Waals surface area contributed by atoms with Crippen LogP contribution >= 0.6 is 0 Å². The van der Waals surface area contributed by atoms with Gasteiger partial charge in [0.15, 0.2) is 0 Å². The van der Waals surface area contributed by atoms with Crippen LogP contribution in [0.25, 0.3) is 0 Å². The van der Waals surface area contributed by atoms with Gasteiger partial charge < -0.3 is 5.32 Å². The molecule has 0 bridgehead atoms. The molecule has 0 radical (unpaired) electrons. The van der Waals surface area contributed by atoms with Crippen LogP contribution in [0.1, 0.15) is 69.3 Å².